The van der Waals surface area contributed by atoms with Gasteiger partial charge in [0.05, 0.1) is 0 Å². The molecule has 2 heteroatoms. The Balaban J connectivity index is 3.18. The van der Waals surface area contributed by atoms with Gasteiger partial charge in [0, 0.05) is 6.42 Å². The lowest BCUT2D eigenvalue weighted by molar-refractivity contribution is -0.137. The molecule has 2 nitrogen and oxygen atoms in total. The fourth-order valence-corrected chi connectivity index (χ4v) is 2.26. The Morgan fingerprint density at radius 2 is 1.36 bits per heavy atom. The van der Waals surface area contributed by atoms with Crippen molar-refractivity contribution >= 4 is 5.97 Å². The normalized spacial score (nSPS) is 12.0. The smallest absolute Gasteiger partial charge is 0.303 e. The van der Waals surface area contributed by atoms with Crippen LogP contribution in [0.25, 0.3) is 0 Å². The molecule has 0 aliphatic rings. The van der Waals surface area contributed by atoms with Crippen molar-refractivity contribution in [2.75, 3.05) is 0 Å². The van der Waals surface area contributed by atoms with Crippen LogP contribution in [0, 0.1) is 0 Å². The topological polar surface area (TPSA) is 37.3 Å². The molecule has 0 aromatic rings. The average molecular weight is 306 g/mol. The first-order chi connectivity index (χ1) is 10.8. The SMILES string of the molecule is CCC=CC=CCC=CCCCCCCCCCCC(=O)O. The fraction of sp³-hybridized carbons (Fsp3) is 0.650. The zero-order chi connectivity index (χ0) is 16.3. The molecule has 0 radical (unpaired) electrons. The second-order valence-corrected chi connectivity index (χ2v) is 5.73. The number of aliphatic carboxylic acids is 1. The number of hydrogen-bond acceptors (Lipinski definition) is 1. The van der Waals surface area contributed by atoms with E-state index >= 15 is 0 Å². The van der Waals surface area contributed by atoms with Crippen LogP contribution in [0.3, 0.4) is 0 Å². The van der Waals surface area contributed by atoms with Crippen LogP contribution >= 0.6 is 0 Å². The molecule has 0 spiro atoms. The Morgan fingerprint density at radius 1 is 0.773 bits per heavy atom. The first-order valence-electron chi connectivity index (χ1n) is 8.95. The molecule has 0 aliphatic carbocycles. The van der Waals surface area contributed by atoms with E-state index in [1.807, 2.05) is 0 Å². The molecule has 0 amide bonds. The zero-order valence-electron chi connectivity index (χ0n) is 14.3. The molecule has 126 valence electrons. The average Bonchev–Trinajstić information content (AvgIpc) is 2.50. The molecule has 0 aliphatic heterocycles. The largest absolute Gasteiger partial charge is 0.481 e. The van der Waals surface area contributed by atoms with Gasteiger partial charge in [-0.25, -0.2) is 0 Å². The number of carboxylic acid groups (broad SMARTS) is 1. The molecule has 1 N–H and O–H groups in total. The number of allylic oxidation sites excluding steroid dienone is 6. The highest BCUT2D eigenvalue weighted by molar-refractivity contribution is 5.66. The number of hydrogen-bond donors (Lipinski definition) is 1. The molecule has 0 unspecified atom stereocenters. The van der Waals surface area contributed by atoms with Gasteiger partial charge >= 0.3 is 5.97 Å². The molecule has 0 fully saturated rings. The van der Waals surface area contributed by atoms with E-state index in [2.05, 4.69) is 43.4 Å². The maximum Gasteiger partial charge on any atom is 0.303 e. The van der Waals surface area contributed by atoms with Gasteiger partial charge in [-0.15, -0.1) is 0 Å². The van der Waals surface area contributed by atoms with Crippen LogP contribution in [0.5, 0.6) is 0 Å². The standard InChI is InChI=1S/C20H34O2/c1-2-3-4-5-6-7-8-9-10-11-12-13-14-15-16-17-18-19-20(21)22/h3-6,8-9H,2,7,10-19H2,1H3,(H,21,22). The van der Waals surface area contributed by atoms with Gasteiger partial charge < -0.3 is 5.11 Å². The van der Waals surface area contributed by atoms with Crippen molar-refractivity contribution in [2.24, 2.45) is 0 Å². The van der Waals surface area contributed by atoms with Crippen molar-refractivity contribution < 1.29 is 9.90 Å². The Labute approximate surface area is 137 Å². The van der Waals surface area contributed by atoms with E-state index < -0.39 is 5.97 Å². The van der Waals surface area contributed by atoms with Gasteiger partial charge in [-0.2, -0.15) is 0 Å². The van der Waals surface area contributed by atoms with Crippen molar-refractivity contribution in [1.82, 2.24) is 0 Å². The highest BCUT2D eigenvalue weighted by Gasteiger charge is 1.96. The van der Waals surface area contributed by atoms with Crippen LogP contribution in [0.2, 0.25) is 0 Å². The monoisotopic (exact) mass is 306 g/mol. The van der Waals surface area contributed by atoms with Crippen LogP contribution in [0.4, 0.5) is 0 Å². The molecule has 0 saturated carbocycles. The molecule has 0 aromatic carbocycles. The van der Waals surface area contributed by atoms with E-state index in [0.29, 0.717) is 6.42 Å². The Kier molecular flexibility index (Phi) is 16.7. The van der Waals surface area contributed by atoms with E-state index in [9.17, 15) is 4.79 Å². The van der Waals surface area contributed by atoms with Crippen molar-refractivity contribution in [3.05, 3.63) is 36.5 Å². The van der Waals surface area contributed by atoms with Crippen molar-refractivity contribution in [3.8, 4) is 0 Å². The molecule has 0 rings (SSSR count). The number of carboxylic acids is 1. The fourth-order valence-electron chi connectivity index (χ4n) is 2.26. The van der Waals surface area contributed by atoms with E-state index in [-0.39, 0.29) is 0 Å². The molecule has 0 saturated heterocycles. The highest BCUT2D eigenvalue weighted by Crippen LogP contribution is 2.10. The third-order valence-electron chi connectivity index (χ3n) is 3.57. The second kappa shape index (κ2) is 17.7. The van der Waals surface area contributed by atoms with Gasteiger partial charge in [0.2, 0.25) is 0 Å². The van der Waals surface area contributed by atoms with Gasteiger partial charge in [0.15, 0.2) is 0 Å². The molecule has 0 aromatic heterocycles. The summed E-state index contributed by atoms with van der Waals surface area (Å²) >= 11 is 0. The van der Waals surface area contributed by atoms with Gasteiger partial charge in [0.1, 0.15) is 0 Å². The maximum atomic E-state index is 10.3. The third-order valence-corrected chi connectivity index (χ3v) is 3.57. The predicted molar refractivity (Wildman–Crippen MR) is 96.1 cm³/mol. The van der Waals surface area contributed by atoms with Gasteiger partial charge in [-0.05, 0) is 32.1 Å². The minimum absolute atomic E-state index is 0.330. The lowest BCUT2D eigenvalue weighted by atomic mass is 10.1. The summed E-state index contributed by atoms with van der Waals surface area (Å²) in [5.74, 6) is -0.666. The zero-order valence-corrected chi connectivity index (χ0v) is 14.3. The Morgan fingerprint density at radius 3 is 2.00 bits per heavy atom. The molecule has 0 bridgehead atoms. The Hall–Kier alpha value is -1.31. The summed E-state index contributed by atoms with van der Waals surface area (Å²) in [5.41, 5.74) is 0. The summed E-state index contributed by atoms with van der Waals surface area (Å²) in [7, 11) is 0. The number of unbranched alkanes of at least 4 members (excludes halogenated alkanes) is 8. The van der Waals surface area contributed by atoms with E-state index in [4.69, 9.17) is 5.11 Å². The molecule has 22 heavy (non-hydrogen) atoms. The number of carbonyl (C=O) groups is 1. The summed E-state index contributed by atoms with van der Waals surface area (Å²) in [4.78, 5) is 10.3. The lowest BCUT2D eigenvalue weighted by Gasteiger charge is -2.00. The second-order valence-electron chi connectivity index (χ2n) is 5.73. The minimum Gasteiger partial charge on any atom is -0.481 e. The predicted octanol–water partition coefficient (Wildman–Crippen LogP) is 6.44. The summed E-state index contributed by atoms with van der Waals surface area (Å²) in [6.07, 6.45) is 26.3. The molecular formula is C20H34O2. The molecular weight excluding hydrogens is 272 g/mol. The maximum absolute atomic E-state index is 10.3. The third kappa shape index (κ3) is 18.7. The van der Waals surface area contributed by atoms with Crippen LogP contribution in [-0.4, -0.2) is 11.1 Å². The minimum atomic E-state index is -0.666. The van der Waals surface area contributed by atoms with E-state index in [0.717, 1.165) is 25.7 Å². The molecule has 0 atom stereocenters. The summed E-state index contributed by atoms with van der Waals surface area (Å²) in [6.45, 7) is 2.14. The first kappa shape index (κ1) is 20.7. The van der Waals surface area contributed by atoms with E-state index in [1.165, 1.54) is 44.9 Å². The summed E-state index contributed by atoms with van der Waals surface area (Å²) in [5, 5.41) is 8.53. The van der Waals surface area contributed by atoms with Gasteiger partial charge in [-0.3, -0.25) is 4.79 Å². The first-order valence-corrected chi connectivity index (χ1v) is 8.95. The lowest BCUT2D eigenvalue weighted by Crippen LogP contribution is -1.93. The summed E-state index contributed by atoms with van der Waals surface area (Å²) in [6, 6.07) is 0. The molecule has 0 heterocycles. The highest BCUT2D eigenvalue weighted by atomic mass is 16.4. The van der Waals surface area contributed by atoms with Crippen LogP contribution < -0.4 is 0 Å². The van der Waals surface area contributed by atoms with Crippen molar-refractivity contribution in [3.63, 3.8) is 0 Å². The van der Waals surface area contributed by atoms with E-state index in [1.54, 1.807) is 0 Å². The van der Waals surface area contributed by atoms with Crippen LogP contribution in [0.15, 0.2) is 36.5 Å². The Bertz CT molecular complexity index is 327. The van der Waals surface area contributed by atoms with Gasteiger partial charge in [0.25, 0.3) is 0 Å². The van der Waals surface area contributed by atoms with Crippen molar-refractivity contribution in [1.29, 1.82) is 0 Å². The van der Waals surface area contributed by atoms with Crippen LogP contribution in [-0.2, 0) is 4.79 Å². The van der Waals surface area contributed by atoms with Crippen LogP contribution in [0.1, 0.15) is 84.0 Å². The summed E-state index contributed by atoms with van der Waals surface area (Å²) < 4.78 is 0. The van der Waals surface area contributed by atoms with Gasteiger partial charge in [-0.1, -0.05) is 81.9 Å². The quantitative estimate of drug-likeness (QED) is 0.215. The number of rotatable bonds is 15. The van der Waals surface area contributed by atoms with Crippen molar-refractivity contribution in [2.45, 2.75) is 84.0 Å².